The molecule has 1 aromatic carbocycles. The number of ether oxygens (including phenoxy) is 1. The van der Waals surface area contributed by atoms with Crippen molar-refractivity contribution in [1.29, 1.82) is 0 Å². The molecule has 1 aromatic heterocycles. The molecule has 0 fully saturated rings. The first-order chi connectivity index (χ1) is 12.1. The number of thioether (sulfide) groups is 2. The minimum Gasteiger partial charge on any atom is -0.493 e. The maximum Gasteiger partial charge on any atom is 0.337 e. The lowest BCUT2D eigenvalue weighted by Crippen LogP contribution is -2.26. The maximum atomic E-state index is 10.9. The number of carbonyl (C=O) groups is 1. The fraction of sp³-hybridized carbons (Fsp3) is 0.368. The third-order valence-electron chi connectivity index (χ3n) is 4.54. The van der Waals surface area contributed by atoms with Gasteiger partial charge in [0.25, 0.3) is 0 Å². The van der Waals surface area contributed by atoms with Crippen molar-refractivity contribution >= 4 is 29.5 Å². The van der Waals surface area contributed by atoms with Crippen LogP contribution in [0, 0.1) is 0 Å². The number of pyridine rings is 1. The summed E-state index contributed by atoms with van der Waals surface area (Å²) in [5, 5.41) is 8.94. The molecule has 6 heteroatoms. The fourth-order valence-corrected chi connectivity index (χ4v) is 5.07. The van der Waals surface area contributed by atoms with E-state index in [1.54, 1.807) is 12.1 Å². The summed E-state index contributed by atoms with van der Waals surface area (Å²) >= 11 is 3.76. The molecule has 1 N–H and O–H groups in total. The molecule has 25 heavy (non-hydrogen) atoms. The van der Waals surface area contributed by atoms with E-state index in [-0.39, 0.29) is 9.64 Å². The Morgan fingerprint density at radius 3 is 2.68 bits per heavy atom. The third-order valence-corrected chi connectivity index (χ3v) is 7.71. The van der Waals surface area contributed by atoms with E-state index in [2.05, 4.69) is 35.7 Å². The lowest BCUT2D eigenvalue weighted by Gasteiger charge is -2.36. The van der Waals surface area contributed by atoms with Crippen LogP contribution in [0.5, 0.6) is 5.75 Å². The van der Waals surface area contributed by atoms with Gasteiger partial charge in [-0.05, 0) is 55.2 Å². The maximum absolute atomic E-state index is 10.9. The van der Waals surface area contributed by atoms with Gasteiger partial charge in [-0.25, -0.2) is 4.79 Å². The summed E-state index contributed by atoms with van der Waals surface area (Å²) in [5.74, 6) is 0.0434. The van der Waals surface area contributed by atoms with Gasteiger partial charge in [-0.15, -0.1) is 23.5 Å². The van der Waals surface area contributed by atoms with Crippen molar-refractivity contribution in [3.05, 3.63) is 58.9 Å². The molecule has 0 saturated heterocycles. The van der Waals surface area contributed by atoms with Crippen LogP contribution in [0.25, 0.3) is 0 Å². The fourth-order valence-electron chi connectivity index (χ4n) is 3.06. The number of nitrogens with zero attached hydrogens (tertiary/aromatic N) is 1. The van der Waals surface area contributed by atoms with Crippen LogP contribution in [0.15, 0.2) is 36.5 Å². The number of hydrogen-bond donors (Lipinski definition) is 1. The largest absolute Gasteiger partial charge is 0.493 e. The normalized spacial score (nSPS) is 15.3. The van der Waals surface area contributed by atoms with Gasteiger partial charge < -0.3 is 9.84 Å². The Balaban J connectivity index is 1.77. The first kappa shape index (κ1) is 18.1. The van der Waals surface area contributed by atoms with E-state index in [0.29, 0.717) is 0 Å². The Morgan fingerprint density at radius 1 is 1.24 bits per heavy atom. The molecule has 0 aliphatic carbocycles. The molecular formula is C19H21NO3S2. The van der Waals surface area contributed by atoms with E-state index in [9.17, 15) is 4.79 Å². The average Bonchev–Trinajstić information content (AvgIpc) is 2.66. The highest BCUT2D eigenvalue weighted by molar-refractivity contribution is 8.16. The van der Waals surface area contributed by atoms with Gasteiger partial charge in [-0.1, -0.05) is 6.07 Å². The Labute approximate surface area is 156 Å². The summed E-state index contributed by atoms with van der Waals surface area (Å²) in [7, 11) is 0. The molecular weight excluding hydrogens is 354 g/mol. The SMILES string of the molecule is CSC1(SC)CCOc2ccc(CCc3ccc(C(=O)O)cn3)cc21. The van der Waals surface area contributed by atoms with E-state index in [1.165, 1.54) is 17.3 Å². The first-order valence-corrected chi connectivity index (χ1v) is 10.6. The van der Waals surface area contributed by atoms with Gasteiger partial charge in [0, 0.05) is 23.9 Å². The predicted molar refractivity (Wildman–Crippen MR) is 104 cm³/mol. The van der Waals surface area contributed by atoms with E-state index in [4.69, 9.17) is 9.84 Å². The minimum atomic E-state index is -0.945. The Kier molecular flexibility index (Phi) is 5.59. The summed E-state index contributed by atoms with van der Waals surface area (Å²) in [6.45, 7) is 0.758. The molecule has 1 aliphatic heterocycles. The van der Waals surface area contributed by atoms with Crippen molar-refractivity contribution in [3.8, 4) is 5.75 Å². The molecule has 2 aromatic rings. The lowest BCUT2D eigenvalue weighted by atomic mass is 9.99. The van der Waals surface area contributed by atoms with Gasteiger partial charge in [0.2, 0.25) is 0 Å². The molecule has 132 valence electrons. The molecule has 3 rings (SSSR count). The molecule has 4 nitrogen and oxygen atoms in total. The van der Waals surface area contributed by atoms with Crippen molar-refractivity contribution in [2.24, 2.45) is 0 Å². The number of hydrogen-bond acceptors (Lipinski definition) is 5. The van der Waals surface area contributed by atoms with Crippen molar-refractivity contribution in [3.63, 3.8) is 0 Å². The smallest absolute Gasteiger partial charge is 0.337 e. The molecule has 0 bridgehead atoms. The molecule has 0 saturated carbocycles. The zero-order valence-electron chi connectivity index (χ0n) is 14.3. The number of fused-ring (bicyclic) bond motifs is 1. The third kappa shape index (κ3) is 3.80. The van der Waals surface area contributed by atoms with Gasteiger partial charge in [-0.2, -0.15) is 0 Å². The monoisotopic (exact) mass is 375 g/mol. The molecule has 0 unspecified atom stereocenters. The van der Waals surface area contributed by atoms with Gasteiger partial charge in [0.1, 0.15) is 5.75 Å². The van der Waals surface area contributed by atoms with Gasteiger partial charge in [0.05, 0.1) is 16.2 Å². The number of aromatic nitrogens is 1. The highest BCUT2D eigenvalue weighted by Crippen LogP contribution is 2.52. The highest BCUT2D eigenvalue weighted by atomic mass is 32.2. The van der Waals surface area contributed by atoms with Crippen LogP contribution < -0.4 is 4.74 Å². The molecule has 0 atom stereocenters. The van der Waals surface area contributed by atoms with Crippen LogP contribution >= 0.6 is 23.5 Å². The number of rotatable bonds is 6. The zero-order chi connectivity index (χ0) is 17.9. The van der Waals surface area contributed by atoms with Crippen LogP contribution in [-0.4, -0.2) is 35.2 Å². The summed E-state index contributed by atoms with van der Waals surface area (Å²) in [6, 6.07) is 9.84. The van der Waals surface area contributed by atoms with E-state index >= 15 is 0 Å². The minimum absolute atomic E-state index is 0.0605. The molecule has 2 heterocycles. The molecule has 0 spiro atoms. The van der Waals surface area contributed by atoms with Crippen LogP contribution in [0.4, 0.5) is 0 Å². The van der Waals surface area contributed by atoms with E-state index < -0.39 is 5.97 Å². The van der Waals surface area contributed by atoms with E-state index in [0.717, 1.165) is 37.3 Å². The Hall–Kier alpha value is -1.66. The average molecular weight is 376 g/mol. The standard InChI is InChI=1S/C19H21NO3S2/c1-24-19(25-2)9-10-23-17-8-4-13(11-16(17)19)3-6-15-7-5-14(12-20-15)18(21)22/h4-5,7-8,11-12H,3,6,9-10H2,1-2H3,(H,21,22). The summed E-state index contributed by atoms with van der Waals surface area (Å²) in [4.78, 5) is 15.1. The highest BCUT2D eigenvalue weighted by Gasteiger charge is 2.36. The Bertz CT molecular complexity index is 758. The van der Waals surface area contributed by atoms with Crippen LogP contribution in [-0.2, 0) is 16.9 Å². The van der Waals surface area contributed by atoms with Crippen molar-refractivity contribution < 1.29 is 14.6 Å². The number of carboxylic acid groups (broad SMARTS) is 1. The second-order valence-corrected chi connectivity index (χ2v) is 8.40. The van der Waals surface area contributed by atoms with E-state index in [1.807, 2.05) is 23.5 Å². The van der Waals surface area contributed by atoms with Crippen molar-refractivity contribution in [2.75, 3.05) is 19.1 Å². The lowest BCUT2D eigenvalue weighted by molar-refractivity contribution is 0.0696. The predicted octanol–water partition coefficient (Wildman–Crippen LogP) is 4.23. The topological polar surface area (TPSA) is 59.4 Å². The number of aryl methyl sites for hydroxylation is 2. The van der Waals surface area contributed by atoms with Crippen LogP contribution in [0.2, 0.25) is 0 Å². The zero-order valence-corrected chi connectivity index (χ0v) is 16.0. The van der Waals surface area contributed by atoms with Crippen LogP contribution in [0.1, 0.15) is 33.6 Å². The summed E-state index contributed by atoms with van der Waals surface area (Å²) in [6.07, 6.45) is 8.39. The van der Waals surface area contributed by atoms with Crippen LogP contribution in [0.3, 0.4) is 0 Å². The number of carboxylic acids is 1. The van der Waals surface area contributed by atoms with Gasteiger partial charge >= 0.3 is 5.97 Å². The summed E-state index contributed by atoms with van der Waals surface area (Å²) in [5.41, 5.74) is 3.64. The van der Waals surface area contributed by atoms with Gasteiger partial charge in [0.15, 0.2) is 0 Å². The number of aromatic carboxylic acids is 1. The van der Waals surface area contributed by atoms with Crippen molar-refractivity contribution in [2.45, 2.75) is 23.3 Å². The molecule has 1 aliphatic rings. The number of benzene rings is 1. The second kappa shape index (κ2) is 7.70. The van der Waals surface area contributed by atoms with Crippen molar-refractivity contribution in [1.82, 2.24) is 4.98 Å². The summed E-state index contributed by atoms with van der Waals surface area (Å²) < 4.78 is 5.90. The second-order valence-electron chi connectivity index (χ2n) is 5.93. The Morgan fingerprint density at radius 2 is 2.04 bits per heavy atom. The van der Waals surface area contributed by atoms with Gasteiger partial charge in [-0.3, -0.25) is 4.98 Å². The quantitative estimate of drug-likeness (QED) is 0.763. The molecule has 0 amide bonds. The first-order valence-electron chi connectivity index (χ1n) is 8.13. The molecule has 0 radical (unpaired) electrons.